The average molecular weight is 570 g/mol. The van der Waals surface area contributed by atoms with Crippen LogP contribution < -0.4 is 0 Å². The molecular weight excluding hydrogens is 532 g/mol. The molecule has 2 aliphatic heterocycles. The summed E-state index contributed by atoms with van der Waals surface area (Å²) in [6.45, 7) is 5.79. The highest BCUT2D eigenvalue weighted by atomic mass is 19.4. The fourth-order valence-electron chi connectivity index (χ4n) is 5.96. The maximum absolute atomic E-state index is 13.9. The van der Waals surface area contributed by atoms with Crippen molar-refractivity contribution < 1.29 is 31.1 Å². The third-order valence-electron chi connectivity index (χ3n) is 8.13. The molecule has 0 spiro atoms. The number of carbonyl (C=O) groups is 1. The Hall–Kier alpha value is -2.59. The molecule has 2 saturated heterocycles. The molecule has 2 heterocycles. The molecule has 2 fully saturated rings. The molecule has 2 aromatic rings. The first-order valence-corrected chi connectivity index (χ1v) is 14.1. The lowest BCUT2D eigenvalue weighted by Gasteiger charge is -2.43. The summed E-state index contributed by atoms with van der Waals surface area (Å²) in [5, 5.41) is 0. The van der Waals surface area contributed by atoms with Crippen molar-refractivity contribution in [1.29, 1.82) is 0 Å². The van der Waals surface area contributed by atoms with Gasteiger partial charge in [0.2, 0.25) is 5.91 Å². The Labute approximate surface area is 231 Å². The molecule has 0 aromatic heterocycles. The summed E-state index contributed by atoms with van der Waals surface area (Å²) in [7, 11) is 0. The highest BCUT2D eigenvalue weighted by Crippen LogP contribution is 2.36. The molecule has 1 unspecified atom stereocenters. The summed E-state index contributed by atoms with van der Waals surface area (Å²) in [4.78, 5) is 20.2. The van der Waals surface area contributed by atoms with Crippen molar-refractivity contribution in [2.24, 2.45) is 0 Å². The predicted molar refractivity (Wildman–Crippen MR) is 142 cm³/mol. The molecule has 0 bridgehead atoms. The molecular formula is C30H37F6N3O. The van der Waals surface area contributed by atoms with E-state index in [9.17, 15) is 31.1 Å². The van der Waals surface area contributed by atoms with Gasteiger partial charge in [-0.1, -0.05) is 36.8 Å². The van der Waals surface area contributed by atoms with Gasteiger partial charge in [0.1, 0.15) is 6.04 Å². The van der Waals surface area contributed by atoms with Crippen molar-refractivity contribution in [2.75, 3.05) is 39.3 Å². The maximum atomic E-state index is 13.9. The van der Waals surface area contributed by atoms with Crippen LogP contribution in [0, 0.1) is 0 Å². The van der Waals surface area contributed by atoms with Crippen LogP contribution in [0.5, 0.6) is 0 Å². The zero-order valence-electron chi connectivity index (χ0n) is 22.8. The van der Waals surface area contributed by atoms with E-state index in [4.69, 9.17) is 0 Å². The van der Waals surface area contributed by atoms with Crippen LogP contribution in [-0.2, 0) is 23.6 Å². The van der Waals surface area contributed by atoms with Gasteiger partial charge in [0, 0.05) is 32.2 Å². The van der Waals surface area contributed by atoms with Crippen LogP contribution in [0.15, 0.2) is 48.5 Å². The lowest BCUT2D eigenvalue weighted by Crippen LogP contribution is -2.50. The minimum absolute atomic E-state index is 0.0154. The first kappa shape index (κ1) is 30.4. The Morgan fingerprint density at radius 1 is 0.875 bits per heavy atom. The Bertz CT molecular complexity index is 1070. The first-order chi connectivity index (χ1) is 19.0. The number of hydrogen-bond acceptors (Lipinski definition) is 3. The summed E-state index contributed by atoms with van der Waals surface area (Å²) in [5.41, 5.74) is -1.95. The van der Waals surface area contributed by atoms with Gasteiger partial charge in [-0.15, -0.1) is 0 Å². The normalized spacial score (nSPS) is 19.0. The second-order valence-corrected chi connectivity index (χ2v) is 10.8. The van der Waals surface area contributed by atoms with Gasteiger partial charge in [0.05, 0.1) is 11.1 Å². The van der Waals surface area contributed by atoms with E-state index in [0.717, 1.165) is 56.7 Å². The van der Waals surface area contributed by atoms with Crippen molar-refractivity contribution in [3.63, 3.8) is 0 Å². The number of likely N-dealkylation sites (tertiary alicyclic amines) is 2. The molecule has 0 radical (unpaired) electrons. The zero-order chi connectivity index (χ0) is 28.9. The highest BCUT2D eigenvalue weighted by molar-refractivity contribution is 5.83. The molecule has 4 nitrogen and oxygen atoms in total. The average Bonchev–Trinajstić information content (AvgIpc) is 2.94. The van der Waals surface area contributed by atoms with E-state index in [2.05, 4.69) is 9.80 Å². The van der Waals surface area contributed by atoms with Gasteiger partial charge < -0.3 is 9.80 Å². The Morgan fingerprint density at radius 2 is 1.45 bits per heavy atom. The van der Waals surface area contributed by atoms with Crippen molar-refractivity contribution >= 4 is 5.91 Å². The number of alkyl halides is 6. The summed E-state index contributed by atoms with van der Waals surface area (Å²) >= 11 is 0. The number of rotatable bonds is 8. The lowest BCUT2D eigenvalue weighted by atomic mass is 9.96. The molecule has 1 atom stereocenters. The number of piperidine rings is 2. The van der Waals surface area contributed by atoms with Crippen LogP contribution in [0.25, 0.3) is 0 Å². The van der Waals surface area contributed by atoms with Crippen LogP contribution in [0.3, 0.4) is 0 Å². The largest absolute Gasteiger partial charge is 0.416 e. The number of carbonyl (C=O) groups excluding carboxylic acids is 1. The fraction of sp³-hybridized carbons (Fsp3) is 0.567. The predicted octanol–water partition coefficient (Wildman–Crippen LogP) is 6.81. The van der Waals surface area contributed by atoms with Crippen molar-refractivity contribution in [3.8, 4) is 0 Å². The number of amides is 1. The quantitative estimate of drug-likeness (QED) is 0.327. The molecule has 10 heteroatoms. The number of likely N-dealkylation sites (N-methyl/N-ethyl adjacent to an activating group) is 1. The SMILES string of the molecule is CCN(CCc1cc(C(F)(F)F)cc(C(F)(F)F)c1)C(=O)C(c1ccccc1)N1CCC(N2CCCCC2)CC1. The van der Waals surface area contributed by atoms with Crippen LogP contribution in [0.1, 0.15) is 67.3 Å². The van der Waals surface area contributed by atoms with Crippen LogP contribution in [-0.4, -0.2) is 65.9 Å². The summed E-state index contributed by atoms with van der Waals surface area (Å²) in [5.74, 6) is -0.187. The van der Waals surface area contributed by atoms with E-state index in [1.165, 1.54) is 19.3 Å². The number of halogens is 6. The first-order valence-electron chi connectivity index (χ1n) is 14.1. The number of hydrogen-bond donors (Lipinski definition) is 0. The van der Waals surface area contributed by atoms with E-state index in [1.54, 1.807) is 11.8 Å². The Kier molecular flexibility index (Phi) is 9.82. The van der Waals surface area contributed by atoms with Crippen LogP contribution in [0.4, 0.5) is 26.3 Å². The van der Waals surface area contributed by atoms with Gasteiger partial charge >= 0.3 is 12.4 Å². The second kappa shape index (κ2) is 12.9. The molecule has 220 valence electrons. The third kappa shape index (κ3) is 7.57. The van der Waals surface area contributed by atoms with Crippen molar-refractivity contribution in [2.45, 2.75) is 69.9 Å². The Morgan fingerprint density at radius 3 is 1.98 bits per heavy atom. The summed E-state index contributed by atoms with van der Waals surface area (Å²) in [6.07, 6.45) is -4.33. The molecule has 0 N–H and O–H groups in total. The van der Waals surface area contributed by atoms with Gasteiger partial charge in [-0.05, 0) is 81.4 Å². The van der Waals surface area contributed by atoms with Gasteiger partial charge in [-0.25, -0.2) is 0 Å². The third-order valence-corrected chi connectivity index (χ3v) is 8.13. The molecule has 2 aliphatic rings. The minimum Gasteiger partial charge on any atom is -0.341 e. The Balaban J connectivity index is 1.51. The van der Waals surface area contributed by atoms with Crippen molar-refractivity contribution in [1.82, 2.24) is 14.7 Å². The van der Waals surface area contributed by atoms with E-state index >= 15 is 0 Å². The standard InChI is InChI=1S/C30H37F6N3O/c1-2-37(16-11-22-19-24(29(31,32)33)21-25(20-22)30(34,35)36)28(40)27(23-9-5-3-6-10-23)39-17-12-26(13-18-39)38-14-7-4-8-15-38/h3,5-6,9-10,19-21,26-27H,2,4,7-8,11-18H2,1H3. The zero-order valence-corrected chi connectivity index (χ0v) is 22.8. The molecule has 40 heavy (non-hydrogen) atoms. The lowest BCUT2D eigenvalue weighted by molar-refractivity contribution is -0.143. The van der Waals surface area contributed by atoms with Gasteiger partial charge in [0.25, 0.3) is 0 Å². The van der Waals surface area contributed by atoms with E-state index < -0.39 is 29.5 Å². The smallest absolute Gasteiger partial charge is 0.341 e. The van der Waals surface area contributed by atoms with Crippen molar-refractivity contribution in [3.05, 3.63) is 70.8 Å². The molecule has 1 amide bonds. The summed E-state index contributed by atoms with van der Waals surface area (Å²) in [6, 6.07) is 11.0. The minimum atomic E-state index is -4.91. The van der Waals surface area contributed by atoms with E-state index in [-0.39, 0.29) is 37.0 Å². The van der Waals surface area contributed by atoms with Crippen LogP contribution >= 0.6 is 0 Å². The van der Waals surface area contributed by atoms with Gasteiger partial charge in [0.15, 0.2) is 0 Å². The maximum Gasteiger partial charge on any atom is 0.416 e. The van der Waals surface area contributed by atoms with Gasteiger partial charge in [-0.2, -0.15) is 26.3 Å². The highest BCUT2D eigenvalue weighted by Gasteiger charge is 2.38. The summed E-state index contributed by atoms with van der Waals surface area (Å²) < 4.78 is 80.0. The number of benzene rings is 2. The van der Waals surface area contributed by atoms with E-state index in [1.807, 2.05) is 30.3 Å². The molecule has 0 aliphatic carbocycles. The number of nitrogens with zero attached hydrogens (tertiary/aromatic N) is 3. The molecule has 4 rings (SSSR count). The fourth-order valence-corrected chi connectivity index (χ4v) is 5.96. The second-order valence-electron chi connectivity index (χ2n) is 10.8. The molecule has 2 aromatic carbocycles. The van der Waals surface area contributed by atoms with Crippen LogP contribution in [0.2, 0.25) is 0 Å². The monoisotopic (exact) mass is 569 g/mol. The van der Waals surface area contributed by atoms with Gasteiger partial charge in [-0.3, -0.25) is 9.69 Å². The van der Waals surface area contributed by atoms with E-state index in [0.29, 0.717) is 6.04 Å². The topological polar surface area (TPSA) is 26.8 Å². The molecule has 0 saturated carbocycles.